The summed E-state index contributed by atoms with van der Waals surface area (Å²) in [4.78, 5) is 4.10. The van der Waals surface area contributed by atoms with Crippen LogP contribution in [0.3, 0.4) is 0 Å². The van der Waals surface area contributed by atoms with Crippen molar-refractivity contribution < 1.29 is 19.3 Å². The largest absolute Gasteiger partial charge is 0.492 e. The third-order valence-corrected chi connectivity index (χ3v) is 3.25. The molecule has 2 heterocycles. The second-order valence-corrected chi connectivity index (χ2v) is 4.66. The fourth-order valence-corrected chi connectivity index (χ4v) is 2.32. The van der Waals surface area contributed by atoms with Crippen molar-refractivity contribution in [3.63, 3.8) is 0 Å². The molecule has 21 heavy (non-hydrogen) atoms. The molecule has 2 aromatic rings. The number of ether oxygens (including phenoxy) is 3. The number of rotatable bonds is 4. The molecule has 0 amide bonds. The van der Waals surface area contributed by atoms with E-state index in [9.17, 15) is 5.11 Å². The molecule has 0 saturated heterocycles. The van der Waals surface area contributed by atoms with Gasteiger partial charge in [-0.2, -0.15) is 0 Å². The summed E-state index contributed by atoms with van der Waals surface area (Å²) in [5, 5.41) is 10.6. The van der Waals surface area contributed by atoms with Gasteiger partial charge < -0.3 is 19.3 Å². The van der Waals surface area contributed by atoms with Gasteiger partial charge in [0, 0.05) is 17.3 Å². The number of hydrogen-bond donors (Lipinski definition) is 1. The fraction of sp³-hybridized carbons (Fsp3) is 0.312. The number of benzene rings is 1. The predicted molar refractivity (Wildman–Crippen MR) is 76.9 cm³/mol. The van der Waals surface area contributed by atoms with E-state index in [1.807, 2.05) is 25.1 Å². The summed E-state index contributed by atoms with van der Waals surface area (Å²) in [6.07, 6.45) is 2.41. The highest BCUT2D eigenvalue weighted by Gasteiger charge is 2.22. The minimum atomic E-state index is -0.838. The molecule has 0 spiro atoms. The van der Waals surface area contributed by atoms with Crippen LogP contribution < -0.4 is 14.2 Å². The first-order valence-electron chi connectivity index (χ1n) is 6.94. The Morgan fingerprint density at radius 1 is 1.29 bits per heavy atom. The third-order valence-electron chi connectivity index (χ3n) is 3.25. The summed E-state index contributed by atoms with van der Waals surface area (Å²) in [5.74, 6) is 1.89. The van der Waals surface area contributed by atoms with Crippen LogP contribution in [0.25, 0.3) is 0 Å². The van der Waals surface area contributed by atoms with Gasteiger partial charge in [0.05, 0.1) is 12.8 Å². The van der Waals surface area contributed by atoms with E-state index in [2.05, 4.69) is 4.98 Å². The average molecular weight is 287 g/mol. The molecule has 1 aromatic heterocycles. The van der Waals surface area contributed by atoms with Crippen LogP contribution in [0.15, 0.2) is 36.7 Å². The molecule has 1 unspecified atom stereocenters. The maximum absolute atomic E-state index is 10.6. The first kappa shape index (κ1) is 13.7. The minimum absolute atomic E-state index is 0.480. The molecular formula is C16H17NO4. The van der Waals surface area contributed by atoms with Crippen LogP contribution >= 0.6 is 0 Å². The zero-order valence-corrected chi connectivity index (χ0v) is 11.8. The van der Waals surface area contributed by atoms with Crippen LogP contribution in [0, 0.1) is 0 Å². The van der Waals surface area contributed by atoms with Crippen LogP contribution in [0.2, 0.25) is 0 Å². The van der Waals surface area contributed by atoms with Gasteiger partial charge in [-0.3, -0.25) is 4.98 Å². The zero-order chi connectivity index (χ0) is 14.7. The summed E-state index contributed by atoms with van der Waals surface area (Å²) in [7, 11) is 0. The second-order valence-electron chi connectivity index (χ2n) is 4.66. The van der Waals surface area contributed by atoms with Gasteiger partial charge in [0.25, 0.3) is 0 Å². The normalized spacial score (nSPS) is 14.6. The van der Waals surface area contributed by atoms with Gasteiger partial charge in [0.2, 0.25) is 0 Å². The predicted octanol–water partition coefficient (Wildman–Crippen LogP) is 2.33. The lowest BCUT2D eigenvalue weighted by atomic mass is 10.0. The number of para-hydroxylation sites is 1. The zero-order valence-electron chi connectivity index (χ0n) is 11.8. The Morgan fingerprint density at radius 3 is 3.00 bits per heavy atom. The summed E-state index contributed by atoms with van der Waals surface area (Å²) in [5.41, 5.74) is 1.33. The van der Waals surface area contributed by atoms with Crippen molar-refractivity contribution >= 4 is 0 Å². The molecule has 5 nitrogen and oxygen atoms in total. The minimum Gasteiger partial charge on any atom is -0.492 e. The van der Waals surface area contributed by atoms with E-state index in [-0.39, 0.29) is 0 Å². The number of fused-ring (bicyclic) bond motifs is 1. The van der Waals surface area contributed by atoms with E-state index >= 15 is 0 Å². The van der Waals surface area contributed by atoms with Gasteiger partial charge >= 0.3 is 0 Å². The van der Waals surface area contributed by atoms with E-state index in [1.54, 1.807) is 18.5 Å². The molecule has 0 bridgehead atoms. The van der Waals surface area contributed by atoms with Crippen molar-refractivity contribution in [2.75, 3.05) is 19.8 Å². The van der Waals surface area contributed by atoms with E-state index < -0.39 is 6.10 Å². The van der Waals surface area contributed by atoms with E-state index in [4.69, 9.17) is 14.2 Å². The van der Waals surface area contributed by atoms with E-state index in [0.717, 1.165) is 0 Å². The third kappa shape index (κ3) is 2.78. The Balaban J connectivity index is 1.95. The molecule has 5 heteroatoms. The Bertz CT molecular complexity index is 629. The van der Waals surface area contributed by atoms with Crippen molar-refractivity contribution in [2.45, 2.75) is 13.0 Å². The first-order chi connectivity index (χ1) is 10.3. The van der Waals surface area contributed by atoms with E-state index in [0.29, 0.717) is 48.2 Å². The van der Waals surface area contributed by atoms with Crippen molar-refractivity contribution in [3.8, 4) is 17.2 Å². The Hall–Kier alpha value is -2.27. The summed E-state index contributed by atoms with van der Waals surface area (Å²) in [6, 6.07) is 7.28. The maximum Gasteiger partial charge on any atom is 0.167 e. The second kappa shape index (κ2) is 6.01. The fourth-order valence-electron chi connectivity index (χ4n) is 2.32. The Morgan fingerprint density at radius 2 is 2.14 bits per heavy atom. The standard InChI is InChI=1S/C16H17NO4/c1-2-19-12-8-11(9-17-10-12)15(18)13-4-3-5-14-16(13)21-7-6-20-14/h3-5,8-10,15,18H,2,6-7H2,1H3. The highest BCUT2D eigenvalue weighted by atomic mass is 16.6. The van der Waals surface area contributed by atoms with Gasteiger partial charge in [-0.25, -0.2) is 0 Å². The monoisotopic (exact) mass is 287 g/mol. The summed E-state index contributed by atoms with van der Waals surface area (Å²) >= 11 is 0. The van der Waals surface area contributed by atoms with Gasteiger partial charge in [0.1, 0.15) is 25.1 Å². The SMILES string of the molecule is CCOc1cncc(C(O)c2cccc3c2OCCO3)c1. The molecule has 1 atom stereocenters. The highest BCUT2D eigenvalue weighted by Crippen LogP contribution is 2.39. The molecule has 0 radical (unpaired) electrons. The van der Waals surface area contributed by atoms with Crippen LogP contribution in [0.5, 0.6) is 17.2 Å². The number of pyridine rings is 1. The molecule has 1 aliphatic heterocycles. The van der Waals surface area contributed by atoms with Gasteiger partial charge in [-0.05, 0) is 19.1 Å². The molecule has 110 valence electrons. The van der Waals surface area contributed by atoms with E-state index in [1.165, 1.54) is 0 Å². The van der Waals surface area contributed by atoms with Crippen molar-refractivity contribution in [2.24, 2.45) is 0 Å². The quantitative estimate of drug-likeness (QED) is 0.935. The molecule has 0 aliphatic carbocycles. The van der Waals surface area contributed by atoms with Crippen LogP contribution in [0.4, 0.5) is 0 Å². The summed E-state index contributed by atoms with van der Waals surface area (Å²) < 4.78 is 16.6. The lowest BCUT2D eigenvalue weighted by Crippen LogP contribution is -2.17. The lowest BCUT2D eigenvalue weighted by molar-refractivity contribution is 0.158. The number of hydrogen-bond acceptors (Lipinski definition) is 5. The molecule has 1 aromatic carbocycles. The maximum atomic E-state index is 10.6. The first-order valence-corrected chi connectivity index (χ1v) is 6.94. The topological polar surface area (TPSA) is 60.8 Å². The van der Waals surface area contributed by atoms with Crippen molar-refractivity contribution in [3.05, 3.63) is 47.8 Å². The average Bonchev–Trinajstić information content (AvgIpc) is 2.54. The number of nitrogens with zero attached hydrogens (tertiary/aromatic N) is 1. The lowest BCUT2D eigenvalue weighted by Gasteiger charge is -2.23. The van der Waals surface area contributed by atoms with Crippen LogP contribution in [-0.2, 0) is 0 Å². The Kier molecular flexibility index (Phi) is 3.92. The molecule has 1 N–H and O–H groups in total. The number of aliphatic hydroxyl groups excluding tert-OH is 1. The van der Waals surface area contributed by atoms with Gasteiger partial charge in [-0.15, -0.1) is 0 Å². The number of aromatic nitrogens is 1. The van der Waals surface area contributed by atoms with Crippen molar-refractivity contribution in [1.29, 1.82) is 0 Å². The molecular weight excluding hydrogens is 270 g/mol. The van der Waals surface area contributed by atoms with Crippen LogP contribution in [0.1, 0.15) is 24.2 Å². The highest BCUT2D eigenvalue weighted by molar-refractivity contribution is 5.50. The van der Waals surface area contributed by atoms with Crippen molar-refractivity contribution in [1.82, 2.24) is 4.98 Å². The molecule has 0 saturated carbocycles. The Labute approximate surface area is 123 Å². The molecule has 3 rings (SSSR count). The molecule has 1 aliphatic rings. The van der Waals surface area contributed by atoms with Crippen LogP contribution in [-0.4, -0.2) is 29.9 Å². The smallest absolute Gasteiger partial charge is 0.167 e. The molecule has 0 fully saturated rings. The number of aliphatic hydroxyl groups is 1. The summed E-state index contributed by atoms with van der Waals surface area (Å²) in [6.45, 7) is 3.46. The van der Waals surface area contributed by atoms with Gasteiger partial charge in [-0.1, -0.05) is 12.1 Å². The van der Waals surface area contributed by atoms with Gasteiger partial charge in [0.15, 0.2) is 11.5 Å².